The van der Waals surface area contributed by atoms with Gasteiger partial charge in [-0.25, -0.2) is 4.39 Å². The van der Waals surface area contributed by atoms with Crippen LogP contribution in [-0.2, 0) is 14.3 Å². The van der Waals surface area contributed by atoms with Gasteiger partial charge in [0, 0.05) is 11.3 Å². The Kier molecular flexibility index (Phi) is 4.58. The topological polar surface area (TPSA) is 58.6 Å². The zero-order valence-electron chi connectivity index (χ0n) is 14.1. The van der Waals surface area contributed by atoms with Gasteiger partial charge in [-0.05, 0) is 56.8 Å². The van der Waals surface area contributed by atoms with Crippen molar-refractivity contribution in [3.8, 4) is 0 Å². The molecule has 130 valence electrons. The lowest BCUT2D eigenvalue weighted by atomic mass is 9.91. The highest BCUT2D eigenvalue weighted by atomic mass is 19.1. The zero-order chi connectivity index (χ0) is 17.3. The summed E-state index contributed by atoms with van der Waals surface area (Å²) < 4.78 is 18.3. The molecule has 1 atom stereocenters. The van der Waals surface area contributed by atoms with E-state index >= 15 is 0 Å². The third-order valence-electron chi connectivity index (χ3n) is 5.44. The van der Waals surface area contributed by atoms with E-state index in [4.69, 9.17) is 4.74 Å². The van der Waals surface area contributed by atoms with Crippen LogP contribution in [0, 0.1) is 24.1 Å². The molecule has 1 aliphatic heterocycles. The van der Waals surface area contributed by atoms with Crippen LogP contribution in [0.5, 0.6) is 0 Å². The number of carbonyl (C=O) groups is 2. The minimum atomic E-state index is -0.324. The summed E-state index contributed by atoms with van der Waals surface area (Å²) >= 11 is 0. The summed E-state index contributed by atoms with van der Waals surface area (Å²) in [6.07, 6.45) is 2.74. The maximum Gasteiger partial charge on any atom is 0.309 e. The molecule has 2 aliphatic rings. The van der Waals surface area contributed by atoms with E-state index in [1.807, 2.05) is 0 Å². The van der Waals surface area contributed by atoms with Gasteiger partial charge in [0.1, 0.15) is 5.82 Å². The van der Waals surface area contributed by atoms with Crippen molar-refractivity contribution < 1.29 is 18.7 Å². The molecule has 3 rings (SSSR count). The van der Waals surface area contributed by atoms with E-state index in [1.165, 1.54) is 13.2 Å². The maximum atomic E-state index is 13.5. The maximum absolute atomic E-state index is 13.5. The molecule has 0 radical (unpaired) electrons. The van der Waals surface area contributed by atoms with Gasteiger partial charge in [0.25, 0.3) is 0 Å². The molecule has 0 bridgehead atoms. The Morgan fingerprint density at radius 1 is 1.38 bits per heavy atom. The minimum absolute atomic E-state index is 0.0356. The highest BCUT2D eigenvalue weighted by molar-refractivity contribution is 5.93. The number of amides is 1. The van der Waals surface area contributed by atoms with Gasteiger partial charge in [0.15, 0.2) is 0 Å². The average Bonchev–Trinajstić information content (AvgIpc) is 3.27. The van der Waals surface area contributed by atoms with Crippen LogP contribution < -0.4 is 5.32 Å². The molecule has 1 unspecified atom stereocenters. The second-order valence-electron chi connectivity index (χ2n) is 6.88. The van der Waals surface area contributed by atoms with Crippen molar-refractivity contribution in [1.82, 2.24) is 4.90 Å². The number of piperidine rings is 1. The minimum Gasteiger partial charge on any atom is -0.469 e. The summed E-state index contributed by atoms with van der Waals surface area (Å²) in [5.41, 5.74) is 1.06. The number of nitrogens with zero attached hydrogens (tertiary/aromatic N) is 1. The molecule has 2 fully saturated rings. The van der Waals surface area contributed by atoms with Crippen molar-refractivity contribution in [3.05, 3.63) is 29.6 Å². The normalized spacial score (nSPS) is 22.2. The average molecular weight is 334 g/mol. The van der Waals surface area contributed by atoms with Crippen molar-refractivity contribution in [1.29, 1.82) is 0 Å². The quantitative estimate of drug-likeness (QED) is 0.859. The first kappa shape index (κ1) is 16.9. The van der Waals surface area contributed by atoms with Crippen LogP contribution in [0.1, 0.15) is 24.8 Å². The Bertz CT molecular complexity index is 654. The fourth-order valence-electron chi connectivity index (χ4n) is 3.67. The molecule has 0 aromatic heterocycles. The van der Waals surface area contributed by atoms with Crippen LogP contribution in [0.4, 0.5) is 10.1 Å². The first-order valence-corrected chi connectivity index (χ1v) is 8.30. The highest BCUT2D eigenvalue weighted by Gasteiger charge is 2.59. The van der Waals surface area contributed by atoms with Gasteiger partial charge in [-0.15, -0.1) is 0 Å². The Labute approximate surface area is 141 Å². The van der Waals surface area contributed by atoms with Crippen molar-refractivity contribution >= 4 is 17.6 Å². The Balaban J connectivity index is 1.49. The molecule has 1 aromatic rings. The van der Waals surface area contributed by atoms with Crippen molar-refractivity contribution in [2.24, 2.45) is 11.3 Å². The molecule has 1 heterocycles. The van der Waals surface area contributed by atoms with Crippen LogP contribution in [0.3, 0.4) is 0 Å². The summed E-state index contributed by atoms with van der Waals surface area (Å²) in [5, 5.41) is 2.78. The number of hydrogen-bond donors (Lipinski definition) is 1. The number of methoxy groups -OCH3 is 1. The summed E-state index contributed by atoms with van der Waals surface area (Å²) in [6, 6.07) is 4.66. The van der Waals surface area contributed by atoms with Crippen molar-refractivity contribution in [2.75, 3.05) is 32.1 Å². The Hall–Kier alpha value is -1.95. The lowest BCUT2D eigenvalue weighted by molar-refractivity contribution is -0.143. The third kappa shape index (κ3) is 3.29. The predicted octanol–water partition coefficient (Wildman–Crippen LogP) is 2.35. The molecule has 1 saturated heterocycles. The summed E-state index contributed by atoms with van der Waals surface area (Å²) in [5.74, 6) is -0.536. The molecule has 6 heteroatoms. The molecule has 1 spiro atoms. The second-order valence-corrected chi connectivity index (χ2v) is 6.88. The number of halogens is 1. The largest absolute Gasteiger partial charge is 0.469 e. The number of anilines is 1. The predicted molar refractivity (Wildman–Crippen MR) is 88.0 cm³/mol. The molecule has 5 nitrogen and oxygen atoms in total. The molecule has 1 saturated carbocycles. The van der Waals surface area contributed by atoms with E-state index in [9.17, 15) is 14.0 Å². The number of esters is 1. The number of ether oxygens (including phenoxy) is 1. The van der Waals surface area contributed by atoms with Crippen LogP contribution in [-0.4, -0.2) is 43.5 Å². The lowest BCUT2D eigenvalue weighted by Gasteiger charge is -2.32. The van der Waals surface area contributed by atoms with E-state index in [-0.39, 0.29) is 35.6 Å². The molecule has 24 heavy (non-hydrogen) atoms. The molecule has 1 amide bonds. The standard InChI is InChI=1S/C18H23FN2O3/c1-12-14(19)4-3-5-15(12)20-16(22)11-21-8-6-18(7-9-21)10-13(18)17(23)24-2/h3-5,13H,6-11H2,1-2H3,(H,20,22). The number of carbonyl (C=O) groups excluding carboxylic acids is 2. The van der Waals surface area contributed by atoms with Crippen LogP contribution >= 0.6 is 0 Å². The molecular formula is C18H23FN2O3. The Morgan fingerprint density at radius 2 is 2.08 bits per heavy atom. The van der Waals surface area contributed by atoms with Crippen LogP contribution in [0.2, 0.25) is 0 Å². The first-order chi connectivity index (χ1) is 11.4. The molecule has 1 N–H and O–H groups in total. The van der Waals surface area contributed by atoms with Gasteiger partial charge in [-0.2, -0.15) is 0 Å². The number of hydrogen-bond acceptors (Lipinski definition) is 4. The van der Waals surface area contributed by atoms with Gasteiger partial charge in [0.2, 0.25) is 5.91 Å². The summed E-state index contributed by atoms with van der Waals surface area (Å²) in [4.78, 5) is 25.9. The van der Waals surface area contributed by atoms with E-state index < -0.39 is 0 Å². The highest BCUT2D eigenvalue weighted by Crippen LogP contribution is 2.59. The van der Waals surface area contributed by atoms with E-state index in [1.54, 1.807) is 19.1 Å². The Morgan fingerprint density at radius 3 is 2.75 bits per heavy atom. The van der Waals surface area contributed by atoms with Gasteiger partial charge in [-0.3, -0.25) is 14.5 Å². The molecular weight excluding hydrogens is 311 g/mol. The van der Waals surface area contributed by atoms with Crippen molar-refractivity contribution in [2.45, 2.75) is 26.2 Å². The van der Waals surface area contributed by atoms with E-state index in [0.717, 1.165) is 32.4 Å². The number of nitrogens with one attached hydrogen (secondary N) is 1. The third-order valence-corrected chi connectivity index (χ3v) is 5.44. The van der Waals surface area contributed by atoms with E-state index in [2.05, 4.69) is 10.2 Å². The summed E-state index contributed by atoms with van der Waals surface area (Å²) in [7, 11) is 1.43. The monoisotopic (exact) mass is 334 g/mol. The van der Waals surface area contributed by atoms with Gasteiger partial charge >= 0.3 is 5.97 Å². The van der Waals surface area contributed by atoms with Gasteiger partial charge in [-0.1, -0.05) is 6.07 Å². The SMILES string of the molecule is COC(=O)C1CC12CCN(CC(=O)Nc1cccc(F)c1C)CC2. The van der Waals surface area contributed by atoms with Crippen molar-refractivity contribution in [3.63, 3.8) is 0 Å². The smallest absolute Gasteiger partial charge is 0.309 e. The zero-order valence-corrected chi connectivity index (χ0v) is 14.1. The molecule has 1 aromatic carbocycles. The van der Waals surface area contributed by atoms with Gasteiger partial charge < -0.3 is 10.1 Å². The number of likely N-dealkylation sites (tertiary alicyclic amines) is 1. The molecule has 1 aliphatic carbocycles. The van der Waals surface area contributed by atoms with Crippen LogP contribution in [0.15, 0.2) is 18.2 Å². The fraction of sp³-hybridized carbons (Fsp3) is 0.556. The van der Waals surface area contributed by atoms with Gasteiger partial charge in [0.05, 0.1) is 19.6 Å². The number of rotatable bonds is 4. The summed E-state index contributed by atoms with van der Waals surface area (Å²) in [6.45, 7) is 3.52. The first-order valence-electron chi connectivity index (χ1n) is 8.30. The van der Waals surface area contributed by atoms with Crippen LogP contribution in [0.25, 0.3) is 0 Å². The number of benzene rings is 1. The fourth-order valence-corrected chi connectivity index (χ4v) is 3.67. The van der Waals surface area contributed by atoms with E-state index in [0.29, 0.717) is 11.3 Å². The second kappa shape index (κ2) is 6.51. The lowest BCUT2D eigenvalue weighted by Crippen LogP contribution is -2.40.